The molecule has 0 fully saturated rings. The smallest absolute Gasteiger partial charge is 0.325 e. The Bertz CT molecular complexity index is 419. The van der Waals surface area contributed by atoms with Crippen molar-refractivity contribution in [3.63, 3.8) is 0 Å². The van der Waals surface area contributed by atoms with Crippen LogP contribution in [0.15, 0.2) is 12.1 Å². The Labute approximate surface area is 117 Å². The number of benzene rings is 1. The lowest BCUT2D eigenvalue weighted by atomic mass is 10.0. The van der Waals surface area contributed by atoms with E-state index in [1.165, 1.54) is 11.1 Å². The van der Waals surface area contributed by atoms with Crippen molar-refractivity contribution in [3.8, 4) is 0 Å². The van der Waals surface area contributed by atoms with Gasteiger partial charge in [0.25, 0.3) is 0 Å². The number of ether oxygens (including phenoxy) is 1. The molecule has 0 aliphatic heterocycles. The molecule has 100 valence electrons. The van der Waals surface area contributed by atoms with Crippen LogP contribution in [0.25, 0.3) is 0 Å². The van der Waals surface area contributed by atoms with Gasteiger partial charge in [-0.3, -0.25) is 4.79 Å². The Hall–Kier alpha value is -1.03. The second-order valence-corrected chi connectivity index (χ2v) is 4.98. The highest BCUT2D eigenvalue weighted by molar-refractivity contribution is 9.09. The first kappa shape index (κ1) is 15.0. The van der Waals surface area contributed by atoms with E-state index in [0.29, 0.717) is 6.61 Å². The van der Waals surface area contributed by atoms with Gasteiger partial charge in [-0.05, 0) is 49.9 Å². The predicted octanol–water partition coefficient (Wildman–Crippen LogP) is 3.22. The van der Waals surface area contributed by atoms with E-state index in [2.05, 4.69) is 40.3 Å². The zero-order valence-corrected chi connectivity index (χ0v) is 12.8. The third kappa shape index (κ3) is 4.33. The first-order chi connectivity index (χ1) is 8.58. The number of rotatable bonds is 6. The van der Waals surface area contributed by atoms with Crippen LogP contribution in [0, 0.1) is 13.8 Å². The lowest BCUT2D eigenvalue weighted by Gasteiger charge is -2.13. The molecular formula is C14H20BrNO2. The maximum Gasteiger partial charge on any atom is 0.325 e. The van der Waals surface area contributed by atoms with Gasteiger partial charge in [0.2, 0.25) is 0 Å². The van der Waals surface area contributed by atoms with E-state index in [1.807, 2.05) is 13.8 Å². The molecule has 0 unspecified atom stereocenters. The molecule has 0 saturated carbocycles. The second-order valence-electron chi connectivity index (χ2n) is 4.19. The molecule has 0 spiro atoms. The molecule has 1 aromatic rings. The number of hydrogen-bond acceptors (Lipinski definition) is 3. The van der Waals surface area contributed by atoms with Crippen LogP contribution >= 0.6 is 15.9 Å². The average Bonchev–Trinajstić information content (AvgIpc) is 2.32. The summed E-state index contributed by atoms with van der Waals surface area (Å²) in [6, 6.07) is 4.26. The molecule has 3 nitrogen and oxygen atoms in total. The first-order valence-electron chi connectivity index (χ1n) is 6.14. The van der Waals surface area contributed by atoms with Crippen molar-refractivity contribution in [1.82, 2.24) is 0 Å². The van der Waals surface area contributed by atoms with E-state index in [9.17, 15) is 4.79 Å². The van der Waals surface area contributed by atoms with E-state index in [0.717, 1.165) is 23.0 Å². The molecule has 0 heterocycles. The average molecular weight is 314 g/mol. The molecule has 0 saturated heterocycles. The topological polar surface area (TPSA) is 38.3 Å². The van der Waals surface area contributed by atoms with Gasteiger partial charge in [0, 0.05) is 11.0 Å². The number of carbonyl (C=O) groups is 1. The molecule has 0 bridgehead atoms. The summed E-state index contributed by atoms with van der Waals surface area (Å²) in [5.41, 5.74) is 4.73. The van der Waals surface area contributed by atoms with E-state index < -0.39 is 0 Å². The Balaban J connectivity index is 2.72. The van der Waals surface area contributed by atoms with Gasteiger partial charge in [-0.25, -0.2) is 0 Å². The van der Waals surface area contributed by atoms with E-state index in [1.54, 1.807) is 0 Å². The van der Waals surface area contributed by atoms with Crippen molar-refractivity contribution in [2.24, 2.45) is 0 Å². The quantitative estimate of drug-likeness (QED) is 0.647. The Morgan fingerprint density at radius 2 is 2.06 bits per heavy atom. The third-order valence-corrected chi connectivity index (χ3v) is 3.17. The molecular weight excluding hydrogens is 294 g/mol. The van der Waals surface area contributed by atoms with Crippen LogP contribution in [0.3, 0.4) is 0 Å². The normalized spacial score (nSPS) is 10.2. The zero-order chi connectivity index (χ0) is 13.5. The van der Waals surface area contributed by atoms with Gasteiger partial charge in [0.15, 0.2) is 0 Å². The molecule has 0 amide bonds. The highest BCUT2D eigenvalue weighted by atomic mass is 79.9. The first-order valence-corrected chi connectivity index (χ1v) is 7.26. The van der Waals surface area contributed by atoms with E-state index in [-0.39, 0.29) is 12.5 Å². The SMILES string of the molecule is CCOC(=O)CNc1cc(C)c(CCBr)cc1C. The van der Waals surface area contributed by atoms with Crippen molar-refractivity contribution < 1.29 is 9.53 Å². The Morgan fingerprint density at radius 1 is 1.33 bits per heavy atom. The maximum atomic E-state index is 11.3. The minimum absolute atomic E-state index is 0.214. The summed E-state index contributed by atoms with van der Waals surface area (Å²) in [4.78, 5) is 11.3. The molecule has 0 aromatic heterocycles. The molecule has 4 heteroatoms. The van der Waals surface area contributed by atoms with Crippen LogP contribution in [0.5, 0.6) is 0 Å². The Morgan fingerprint density at radius 3 is 2.67 bits per heavy atom. The maximum absolute atomic E-state index is 11.3. The summed E-state index contributed by atoms with van der Waals surface area (Å²) in [6.45, 7) is 6.58. The lowest BCUT2D eigenvalue weighted by Crippen LogP contribution is -2.17. The molecule has 1 rings (SSSR count). The van der Waals surface area contributed by atoms with E-state index >= 15 is 0 Å². The molecule has 1 aromatic carbocycles. The number of alkyl halides is 1. The van der Waals surface area contributed by atoms with Gasteiger partial charge in [0.05, 0.1) is 6.61 Å². The molecule has 18 heavy (non-hydrogen) atoms. The standard InChI is InChI=1S/C14H20BrNO2/c1-4-18-14(17)9-16-13-8-10(2)12(5-6-15)7-11(13)3/h7-8,16H,4-6,9H2,1-3H3. The summed E-state index contributed by atoms with van der Waals surface area (Å²) < 4.78 is 4.89. The van der Waals surface area contributed by atoms with Gasteiger partial charge >= 0.3 is 5.97 Å². The second kappa shape index (κ2) is 7.41. The largest absolute Gasteiger partial charge is 0.465 e. The van der Waals surface area contributed by atoms with Crippen molar-refractivity contribution in [2.45, 2.75) is 27.2 Å². The zero-order valence-electron chi connectivity index (χ0n) is 11.2. The van der Waals surface area contributed by atoms with Crippen LogP contribution in [0.1, 0.15) is 23.6 Å². The number of hydrogen-bond donors (Lipinski definition) is 1. The third-order valence-electron chi connectivity index (χ3n) is 2.78. The van der Waals surface area contributed by atoms with Gasteiger partial charge < -0.3 is 10.1 Å². The Kier molecular flexibility index (Phi) is 6.19. The number of halogens is 1. The van der Waals surface area contributed by atoms with Gasteiger partial charge in [-0.2, -0.15) is 0 Å². The fraction of sp³-hybridized carbons (Fsp3) is 0.500. The van der Waals surface area contributed by atoms with Gasteiger partial charge in [-0.15, -0.1) is 0 Å². The van der Waals surface area contributed by atoms with Crippen molar-refractivity contribution in [1.29, 1.82) is 0 Å². The summed E-state index contributed by atoms with van der Waals surface area (Å²) in [6.07, 6.45) is 1.02. The van der Waals surface area contributed by atoms with Crippen LogP contribution in [-0.4, -0.2) is 24.5 Å². The van der Waals surface area contributed by atoms with Crippen LogP contribution in [0.2, 0.25) is 0 Å². The summed E-state index contributed by atoms with van der Waals surface area (Å²) in [5.74, 6) is -0.223. The molecule has 0 aliphatic rings. The number of carbonyl (C=O) groups excluding carboxylic acids is 1. The van der Waals surface area contributed by atoms with Crippen molar-refractivity contribution in [3.05, 3.63) is 28.8 Å². The molecule has 0 atom stereocenters. The molecule has 0 aliphatic carbocycles. The number of aryl methyl sites for hydroxylation is 3. The molecule has 0 radical (unpaired) electrons. The van der Waals surface area contributed by atoms with Crippen LogP contribution in [-0.2, 0) is 16.0 Å². The number of esters is 1. The van der Waals surface area contributed by atoms with Crippen LogP contribution in [0.4, 0.5) is 5.69 Å². The number of nitrogens with one attached hydrogen (secondary N) is 1. The summed E-state index contributed by atoms with van der Waals surface area (Å²) >= 11 is 3.45. The van der Waals surface area contributed by atoms with E-state index in [4.69, 9.17) is 4.74 Å². The fourth-order valence-electron chi connectivity index (χ4n) is 1.82. The fourth-order valence-corrected chi connectivity index (χ4v) is 2.24. The highest BCUT2D eigenvalue weighted by Crippen LogP contribution is 2.21. The van der Waals surface area contributed by atoms with Gasteiger partial charge in [-0.1, -0.05) is 22.0 Å². The minimum atomic E-state index is -0.223. The minimum Gasteiger partial charge on any atom is -0.465 e. The summed E-state index contributed by atoms with van der Waals surface area (Å²) in [7, 11) is 0. The monoisotopic (exact) mass is 313 g/mol. The highest BCUT2D eigenvalue weighted by Gasteiger charge is 2.06. The van der Waals surface area contributed by atoms with Gasteiger partial charge in [0.1, 0.15) is 6.54 Å². The lowest BCUT2D eigenvalue weighted by molar-refractivity contribution is -0.140. The number of anilines is 1. The predicted molar refractivity (Wildman–Crippen MR) is 78.5 cm³/mol. The van der Waals surface area contributed by atoms with Crippen molar-refractivity contribution in [2.75, 3.05) is 23.8 Å². The summed E-state index contributed by atoms with van der Waals surface area (Å²) in [5, 5.41) is 4.08. The van der Waals surface area contributed by atoms with Crippen LogP contribution < -0.4 is 5.32 Å². The molecule has 1 N–H and O–H groups in total. The van der Waals surface area contributed by atoms with Crippen molar-refractivity contribution >= 4 is 27.6 Å².